The molecule has 1 amide bonds. The number of nitrogens with one attached hydrogen (secondary N) is 1. The van der Waals surface area contributed by atoms with Crippen LogP contribution in [0.25, 0.3) is 22.1 Å². The number of hydrogen-bond donors (Lipinski definition) is 1. The van der Waals surface area contributed by atoms with E-state index < -0.39 is 5.63 Å². The maximum absolute atomic E-state index is 13.1. The zero-order valence-electron chi connectivity index (χ0n) is 16.1. The van der Waals surface area contributed by atoms with Crippen molar-refractivity contribution in [2.24, 2.45) is 0 Å². The first-order chi connectivity index (χ1) is 14.5. The third kappa shape index (κ3) is 4.38. The number of rotatable bonds is 5. The van der Waals surface area contributed by atoms with E-state index in [9.17, 15) is 14.0 Å². The summed E-state index contributed by atoms with van der Waals surface area (Å²) >= 11 is 0. The molecule has 0 atom stereocenters. The molecule has 0 bridgehead atoms. The second-order valence-electron chi connectivity index (χ2n) is 6.86. The van der Waals surface area contributed by atoms with E-state index in [0.29, 0.717) is 33.5 Å². The van der Waals surface area contributed by atoms with Gasteiger partial charge in [-0.2, -0.15) is 0 Å². The van der Waals surface area contributed by atoms with Crippen molar-refractivity contribution >= 4 is 22.6 Å². The minimum atomic E-state index is -0.539. The molecule has 0 radical (unpaired) electrons. The average Bonchev–Trinajstić information content (AvgIpc) is 2.74. The minimum Gasteiger partial charge on any atom is -0.484 e. The first-order valence-corrected chi connectivity index (χ1v) is 9.31. The highest BCUT2D eigenvalue weighted by molar-refractivity contribution is 5.92. The second-order valence-corrected chi connectivity index (χ2v) is 6.86. The fourth-order valence-electron chi connectivity index (χ4n) is 2.99. The van der Waals surface area contributed by atoms with Crippen molar-refractivity contribution in [1.29, 1.82) is 0 Å². The van der Waals surface area contributed by atoms with Gasteiger partial charge < -0.3 is 14.5 Å². The maximum atomic E-state index is 13.1. The number of carbonyl (C=O) groups is 1. The van der Waals surface area contributed by atoms with Crippen molar-refractivity contribution in [3.8, 4) is 16.9 Å². The lowest BCUT2D eigenvalue weighted by molar-refractivity contribution is -0.118. The molecule has 0 unspecified atom stereocenters. The molecule has 0 saturated heterocycles. The first-order valence-electron chi connectivity index (χ1n) is 9.31. The molecule has 150 valence electrons. The van der Waals surface area contributed by atoms with Gasteiger partial charge in [0.1, 0.15) is 17.1 Å². The van der Waals surface area contributed by atoms with Crippen LogP contribution in [-0.2, 0) is 4.79 Å². The van der Waals surface area contributed by atoms with Gasteiger partial charge in [0.05, 0.1) is 5.56 Å². The minimum absolute atomic E-state index is 0.183. The number of fused-ring (bicyclic) bond motifs is 1. The molecule has 30 heavy (non-hydrogen) atoms. The van der Waals surface area contributed by atoms with E-state index in [-0.39, 0.29) is 18.3 Å². The van der Waals surface area contributed by atoms with Crippen LogP contribution in [0.1, 0.15) is 5.56 Å². The van der Waals surface area contributed by atoms with Gasteiger partial charge in [0, 0.05) is 17.1 Å². The molecule has 4 aromatic rings. The quantitative estimate of drug-likeness (QED) is 0.480. The second kappa shape index (κ2) is 8.21. The van der Waals surface area contributed by atoms with Gasteiger partial charge in [-0.3, -0.25) is 4.79 Å². The summed E-state index contributed by atoms with van der Waals surface area (Å²) in [7, 11) is 0. The normalized spacial score (nSPS) is 10.7. The van der Waals surface area contributed by atoms with Crippen molar-refractivity contribution in [3.05, 3.63) is 94.6 Å². The van der Waals surface area contributed by atoms with Crippen LogP contribution in [0.4, 0.5) is 10.1 Å². The molecule has 1 N–H and O–H groups in total. The molecule has 0 aliphatic carbocycles. The molecule has 3 aromatic carbocycles. The van der Waals surface area contributed by atoms with Crippen LogP contribution < -0.4 is 15.7 Å². The molecule has 0 fully saturated rings. The molecular formula is C24H18FNO4. The Hall–Kier alpha value is -3.93. The fourth-order valence-corrected chi connectivity index (χ4v) is 2.99. The van der Waals surface area contributed by atoms with E-state index >= 15 is 0 Å². The molecule has 4 rings (SSSR count). The van der Waals surface area contributed by atoms with Crippen LogP contribution >= 0.6 is 0 Å². The molecule has 0 aliphatic heterocycles. The Morgan fingerprint density at radius 1 is 1.00 bits per heavy atom. The Bertz CT molecular complexity index is 1260. The fraction of sp³-hybridized carbons (Fsp3) is 0.0833. The number of carbonyl (C=O) groups excluding carboxylic acids is 1. The van der Waals surface area contributed by atoms with Gasteiger partial charge in [-0.15, -0.1) is 0 Å². The van der Waals surface area contributed by atoms with Gasteiger partial charge in [-0.05, 0) is 55.0 Å². The number of amides is 1. The van der Waals surface area contributed by atoms with Crippen LogP contribution in [0.2, 0.25) is 0 Å². The molecule has 1 heterocycles. The SMILES string of the molecule is Cc1ccc(NC(=O)COc2ccc3cc(-c4ccc(F)cc4)c(=O)oc3c2)cc1. The summed E-state index contributed by atoms with van der Waals surface area (Å²) in [6, 6.07) is 19.7. The van der Waals surface area contributed by atoms with E-state index in [1.54, 1.807) is 24.3 Å². The van der Waals surface area contributed by atoms with Crippen LogP contribution in [-0.4, -0.2) is 12.5 Å². The summed E-state index contributed by atoms with van der Waals surface area (Å²) in [6.07, 6.45) is 0. The summed E-state index contributed by atoms with van der Waals surface area (Å²) in [4.78, 5) is 24.4. The average molecular weight is 403 g/mol. The Morgan fingerprint density at radius 2 is 1.73 bits per heavy atom. The topological polar surface area (TPSA) is 68.5 Å². The number of aryl methyl sites for hydroxylation is 1. The van der Waals surface area contributed by atoms with Gasteiger partial charge in [-0.1, -0.05) is 29.8 Å². The molecule has 0 spiro atoms. The van der Waals surface area contributed by atoms with Crippen molar-refractivity contribution < 1.29 is 18.3 Å². The number of ether oxygens (including phenoxy) is 1. The van der Waals surface area contributed by atoms with E-state index in [1.165, 1.54) is 24.3 Å². The molecule has 1 aromatic heterocycles. The van der Waals surface area contributed by atoms with Crippen LogP contribution in [0.3, 0.4) is 0 Å². The Morgan fingerprint density at radius 3 is 2.47 bits per heavy atom. The number of halogens is 1. The monoisotopic (exact) mass is 403 g/mol. The third-order valence-corrected chi connectivity index (χ3v) is 4.57. The van der Waals surface area contributed by atoms with Gasteiger partial charge in [0.2, 0.25) is 0 Å². The van der Waals surface area contributed by atoms with Crippen LogP contribution in [0.5, 0.6) is 5.75 Å². The highest BCUT2D eigenvalue weighted by Gasteiger charge is 2.10. The highest BCUT2D eigenvalue weighted by Crippen LogP contribution is 2.24. The Balaban J connectivity index is 1.48. The highest BCUT2D eigenvalue weighted by atomic mass is 19.1. The van der Waals surface area contributed by atoms with Crippen LogP contribution in [0, 0.1) is 12.7 Å². The molecule has 0 saturated carbocycles. The zero-order valence-corrected chi connectivity index (χ0v) is 16.1. The standard InChI is InChI=1S/C24H18FNO4/c1-15-2-9-19(10-3-15)26-23(27)14-29-20-11-6-17-12-21(24(28)30-22(17)13-20)16-4-7-18(25)8-5-16/h2-13H,14H2,1H3,(H,26,27). The smallest absolute Gasteiger partial charge is 0.344 e. The van der Waals surface area contributed by atoms with Crippen molar-refractivity contribution in [2.75, 3.05) is 11.9 Å². The lowest BCUT2D eigenvalue weighted by Crippen LogP contribution is -2.20. The third-order valence-electron chi connectivity index (χ3n) is 4.57. The molecule has 0 aliphatic rings. The van der Waals surface area contributed by atoms with Gasteiger partial charge in [0.15, 0.2) is 6.61 Å². The van der Waals surface area contributed by atoms with Crippen molar-refractivity contribution in [3.63, 3.8) is 0 Å². The summed E-state index contributed by atoms with van der Waals surface area (Å²) < 4.78 is 24.0. The summed E-state index contributed by atoms with van der Waals surface area (Å²) in [6.45, 7) is 1.78. The zero-order chi connectivity index (χ0) is 21.1. The predicted molar refractivity (Wildman–Crippen MR) is 113 cm³/mol. The molecule has 5 nitrogen and oxygen atoms in total. The Kier molecular flexibility index (Phi) is 5.30. The summed E-state index contributed by atoms with van der Waals surface area (Å²) in [5.74, 6) is -0.275. The molecule has 6 heteroatoms. The van der Waals surface area contributed by atoms with Gasteiger partial charge in [0.25, 0.3) is 5.91 Å². The Labute approximate surface area is 171 Å². The van der Waals surface area contributed by atoms with Crippen molar-refractivity contribution in [1.82, 2.24) is 0 Å². The summed E-state index contributed by atoms with van der Waals surface area (Å²) in [5, 5.41) is 3.44. The van der Waals surface area contributed by atoms with E-state index in [2.05, 4.69) is 5.32 Å². The van der Waals surface area contributed by atoms with E-state index in [0.717, 1.165) is 5.56 Å². The maximum Gasteiger partial charge on any atom is 0.344 e. The van der Waals surface area contributed by atoms with Crippen LogP contribution in [0.15, 0.2) is 82.0 Å². The number of hydrogen-bond acceptors (Lipinski definition) is 4. The van der Waals surface area contributed by atoms with E-state index in [1.807, 2.05) is 31.2 Å². The lowest BCUT2D eigenvalue weighted by atomic mass is 10.1. The predicted octanol–water partition coefficient (Wildman–Crippen LogP) is 4.93. The van der Waals surface area contributed by atoms with E-state index in [4.69, 9.17) is 9.15 Å². The van der Waals surface area contributed by atoms with Gasteiger partial charge in [-0.25, -0.2) is 9.18 Å². The van der Waals surface area contributed by atoms with Gasteiger partial charge >= 0.3 is 5.63 Å². The lowest BCUT2D eigenvalue weighted by Gasteiger charge is -2.09. The number of anilines is 1. The molecular weight excluding hydrogens is 385 g/mol. The largest absolute Gasteiger partial charge is 0.484 e. The van der Waals surface area contributed by atoms with Crippen molar-refractivity contribution in [2.45, 2.75) is 6.92 Å². The number of benzene rings is 3. The first kappa shape index (κ1) is 19.4. The summed E-state index contributed by atoms with van der Waals surface area (Å²) in [5.41, 5.74) is 2.50.